The fourth-order valence-corrected chi connectivity index (χ4v) is 3.54. The van der Waals surface area contributed by atoms with Gasteiger partial charge in [-0.1, -0.05) is 19.1 Å². The number of hydrogen-bond donors (Lipinski definition) is 1. The van der Waals surface area contributed by atoms with E-state index in [1.807, 2.05) is 43.3 Å². The first-order valence-corrected chi connectivity index (χ1v) is 10.7. The molecule has 0 aromatic heterocycles. The van der Waals surface area contributed by atoms with Crippen molar-refractivity contribution in [2.45, 2.75) is 39.0 Å². The van der Waals surface area contributed by atoms with Gasteiger partial charge in [-0.05, 0) is 41.8 Å². The van der Waals surface area contributed by atoms with E-state index in [2.05, 4.69) is 4.90 Å². The van der Waals surface area contributed by atoms with E-state index in [0.29, 0.717) is 49.7 Å². The molecule has 1 aliphatic rings. The van der Waals surface area contributed by atoms with Crippen LogP contribution in [0.5, 0.6) is 23.0 Å². The fourth-order valence-electron chi connectivity index (χ4n) is 3.54. The minimum atomic E-state index is -0.815. The summed E-state index contributed by atoms with van der Waals surface area (Å²) in [6.45, 7) is 3.52. The predicted molar refractivity (Wildman–Crippen MR) is 118 cm³/mol. The van der Waals surface area contributed by atoms with Gasteiger partial charge in [0.2, 0.25) is 6.79 Å². The Morgan fingerprint density at radius 3 is 2.44 bits per heavy atom. The van der Waals surface area contributed by atoms with Gasteiger partial charge in [-0.2, -0.15) is 0 Å². The smallest absolute Gasteiger partial charge is 0.305 e. The molecule has 1 atom stereocenters. The third-order valence-corrected chi connectivity index (χ3v) is 5.06. The average Bonchev–Trinajstić information content (AvgIpc) is 3.25. The van der Waals surface area contributed by atoms with E-state index in [9.17, 15) is 9.90 Å². The van der Waals surface area contributed by atoms with Crippen LogP contribution in [0.25, 0.3) is 0 Å². The zero-order valence-electron chi connectivity index (χ0n) is 18.8. The number of carbonyl (C=O) groups is 1. The summed E-state index contributed by atoms with van der Waals surface area (Å²) in [5, 5.41) is 10.5. The average molecular weight is 446 g/mol. The molecule has 2 aromatic rings. The number of nitrogens with zero attached hydrogens (tertiary/aromatic N) is 1. The Labute approximate surface area is 188 Å². The van der Waals surface area contributed by atoms with Gasteiger partial charge in [0.15, 0.2) is 23.0 Å². The monoisotopic (exact) mass is 445 g/mol. The van der Waals surface area contributed by atoms with Gasteiger partial charge in [-0.25, -0.2) is 0 Å². The van der Waals surface area contributed by atoms with Gasteiger partial charge in [-0.15, -0.1) is 0 Å². The first kappa shape index (κ1) is 23.7. The number of fused-ring (bicyclic) bond motifs is 1. The second-order valence-electron chi connectivity index (χ2n) is 7.63. The fraction of sp³-hybridized carbons (Fsp3) is 0.458. The highest BCUT2D eigenvalue weighted by atomic mass is 16.7. The number of aliphatic hydroxyl groups is 1. The van der Waals surface area contributed by atoms with Crippen molar-refractivity contribution in [2.75, 3.05) is 34.2 Å². The lowest BCUT2D eigenvalue weighted by atomic mass is 10.1. The maximum Gasteiger partial charge on any atom is 0.305 e. The van der Waals surface area contributed by atoms with Gasteiger partial charge >= 0.3 is 5.97 Å². The molecule has 32 heavy (non-hydrogen) atoms. The minimum absolute atomic E-state index is 0.0393. The van der Waals surface area contributed by atoms with Crippen LogP contribution in [0, 0.1) is 0 Å². The van der Waals surface area contributed by atoms with Crippen LogP contribution in [0.4, 0.5) is 0 Å². The Morgan fingerprint density at radius 1 is 1.03 bits per heavy atom. The summed E-state index contributed by atoms with van der Waals surface area (Å²) in [6.07, 6.45) is 0.244. The minimum Gasteiger partial charge on any atom is -0.493 e. The maximum absolute atomic E-state index is 11.7. The zero-order valence-corrected chi connectivity index (χ0v) is 18.8. The van der Waals surface area contributed by atoms with Crippen LogP contribution >= 0.6 is 0 Å². The van der Waals surface area contributed by atoms with Crippen LogP contribution in [-0.2, 0) is 22.6 Å². The number of benzene rings is 2. The van der Waals surface area contributed by atoms with E-state index in [1.54, 1.807) is 14.2 Å². The molecule has 8 heteroatoms. The molecule has 0 saturated heterocycles. The van der Waals surface area contributed by atoms with Crippen molar-refractivity contribution in [3.05, 3.63) is 47.5 Å². The van der Waals surface area contributed by atoms with Gasteiger partial charge in [0.1, 0.15) is 12.7 Å². The Hall–Kier alpha value is -2.97. The Morgan fingerprint density at radius 2 is 1.72 bits per heavy atom. The van der Waals surface area contributed by atoms with Gasteiger partial charge in [0, 0.05) is 26.1 Å². The predicted octanol–water partition coefficient (Wildman–Crippen LogP) is 3.14. The molecule has 0 spiro atoms. The van der Waals surface area contributed by atoms with Crippen LogP contribution in [0.15, 0.2) is 36.4 Å². The number of carbonyl (C=O) groups excluding carboxylic acids is 1. The van der Waals surface area contributed by atoms with E-state index >= 15 is 0 Å². The molecule has 174 valence electrons. The summed E-state index contributed by atoms with van der Waals surface area (Å²) in [6, 6.07) is 11.5. The number of hydrogen-bond acceptors (Lipinski definition) is 8. The second-order valence-corrected chi connectivity index (χ2v) is 7.63. The highest BCUT2D eigenvalue weighted by Gasteiger charge is 2.18. The summed E-state index contributed by atoms with van der Waals surface area (Å²) < 4.78 is 26.8. The molecular weight excluding hydrogens is 414 g/mol. The number of ether oxygens (including phenoxy) is 5. The summed E-state index contributed by atoms with van der Waals surface area (Å²) >= 11 is 0. The van der Waals surface area contributed by atoms with Crippen molar-refractivity contribution in [1.82, 2.24) is 4.90 Å². The number of rotatable bonds is 12. The van der Waals surface area contributed by atoms with Gasteiger partial charge < -0.3 is 28.8 Å². The third-order valence-electron chi connectivity index (χ3n) is 5.06. The van der Waals surface area contributed by atoms with Crippen molar-refractivity contribution in [2.24, 2.45) is 0 Å². The molecule has 0 fully saturated rings. The van der Waals surface area contributed by atoms with Gasteiger partial charge in [0.05, 0.1) is 14.2 Å². The molecule has 3 rings (SSSR count). The number of methoxy groups -OCH3 is 2. The summed E-state index contributed by atoms with van der Waals surface area (Å²) in [5.74, 6) is 2.43. The molecule has 8 nitrogen and oxygen atoms in total. The van der Waals surface area contributed by atoms with Crippen LogP contribution in [-0.4, -0.2) is 56.2 Å². The van der Waals surface area contributed by atoms with Gasteiger partial charge in [0.25, 0.3) is 0 Å². The lowest BCUT2D eigenvalue weighted by Crippen LogP contribution is -2.34. The molecule has 0 bridgehead atoms. The van der Waals surface area contributed by atoms with Gasteiger partial charge in [-0.3, -0.25) is 9.69 Å². The zero-order chi connectivity index (χ0) is 22.9. The van der Waals surface area contributed by atoms with E-state index in [4.69, 9.17) is 23.7 Å². The normalized spacial score (nSPS) is 13.2. The van der Waals surface area contributed by atoms with Crippen LogP contribution in [0.3, 0.4) is 0 Å². The van der Waals surface area contributed by atoms with E-state index in [-0.39, 0.29) is 19.4 Å². The summed E-state index contributed by atoms with van der Waals surface area (Å²) in [4.78, 5) is 13.7. The molecule has 2 aromatic carbocycles. The van der Waals surface area contributed by atoms with Crippen LogP contribution in [0.1, 0.15) is 30.9 Å². The molecule has 0 radical (unpaired) electrons. The summed E-state index contributed by atoms with van der Waals surface area (Å²) in [5.41, 5.74) is 2.02. The van der Waals surface area contributed by atoms with E-state index in [0.717, 1.165) is 16.9 Å². The van der Waals surface area contributed by atoms with E-state index < -0.39 is 6.10 Å². The molecule has 1 N–H and O–H groups in total. The number of esters is 1. The molecular formula is C24H31NO7. The van der Waals surface area contributed by atoms with Crippen molar-refractivity contribution < 1.29 is 33.6 Å². The van der Waals surface area contributed by atoms with E-state index in [1.165, 1.54) is 0 Å². The molecule has 0 aliphatic carbocycles. The highest BCUT2D eigenvalue weighted by Crippen LogP contribution is 2.33. The lowest BCUT2D eigenvalue weighted by Gasteiger charge is -2.25. The van der Waals surface area contributed by atoms with Crippen LogP contribution in [0.2, 0.25) is 0 Å². The van der Waals surface area contributed by atoms with Crippen molar-refractivity contribution in [3.63, 3.8) is 0 Å². The molecule has 0 amide bonds. The largest absolute Gasteiger partial charge is 0.493 e. The SMILES string of the molecule is CCCC(=O)OC[C@@H](O)CN(Cc1ccc(OC)c(OC)c1)Cc1ccc2c(c1)OCO2. The highest BCUT2D eigenvalue weighted by molar-refractivity contribution is 5.69. The van der Waals surface area contributed by atoms with Crippen molar-refractivity contribution in [3.8, 4) is 23.0 Å². The van der Waals surface area contributed by atoms with Crippen molar-refractivity contribution >= 4 is 5.97 Å². The first-order valence-electron chi connectivity index (χ1n) is 10.7. The molecule has 0 unspecified atom stereocenters. The lowest BCUT2D eigenvalue weighted by molar-refractivity contribution is -0.147. The number of aliphatic hydroxyl groups excluding tert-OH is 1. The Balaban J connectivity index is 1.72. The van der Waals surface area contributed by atoms with Crippen molar-refractivity contribution in [1.29, 1.82) is 0 Å². The summed E-state index contributed by atoms with van der Waals surface area (Å²) in [7, 11) is 3.19. The molecule has 0 saturated carbocycles. The molecule has 1 aliphatic heterocycles. The second kappa shape index (κ2) is 11.6. The quantitative estimate of drug-likeness (QED) is 0.499. The molecule has 1 heterocycles. The Kier molecular flexibility index (Phi) is 8.58. The third kappa shape index (κ3) is 6.51. The first-order chi connectivity index (χ1) is 15.5. The topological polar surface area (TPSA) is 86.7 Å². The standard InChI is InChI=1S/C24H31NO7/c1-4-5-24(27)30-15-19(26)14-25(12-17-6-8-20(28-2)22(10-17)29-3)13-18-7-9-21-23(11-18)32-16-31-21/h6-11,19,26H,4-5,12-16H2,1-3H3/t19-/m0/s1. The maximum atomic E-state index is 11.7. The Bertz CT molecular complexity index is 902. The van der Waals surface area contributed by atoms with Crippen LogP contribution < -0.4 is 18.9 Å².